The molecule has 4 rings (SSSR count). The summed E-state index contributed by atoms with van der Waals surface area (Å²) in [5.41, 5.74) is 1.42. The van der Waals surface area contributed by atoms with E-state index in [2.05, 4.69) is 0 Å². The molecule has 7 heteroatoms. The van der Waals surface area contributed by atoms with Crippen LogP contribution in [-0.4, -0.2) is 43.4 Å². The SMILES string of the molecule is COc1ccc2sc(N(CC3CCCO3)C(=O)c3ccc(OC(C)C)cc3)nc2c1. The van der Waals surface area contributed by atoms with Crippen LogP contribution < -0.4 is 14.4 Å². The highest BCUT2D eigenvalue weighted by Gasteiger charge is 2.27. The van der Waals surface area contributed by atoms with Crippen LogP contribution in [0.25, 0.3) is 10.2 Å². The predicted octanol–water partition coefficient (Wildman–Crippen LogP) is 4.92. The lowest BCUT2D eigenvalue weighted by molar-refractivity contribution is 0.0917. The number of fused-ring (bicyclic) bond motifs is 1. The maximum Gasteiger partial charge on any atom is 0.260 e. The minimum Gasteiger partial charge on any atom is -0.497 e. The van der Waals surface area contributed by atoms with Gasteiger partial charge in [-0.2, -0.15) is 0 Å². The molecular weight excluding hydrogens is 400 g/mol. The Labute approximate surface area is 180 Å². The molecule has 0 bridgehead atoms. The largest absolute Gasteiger partial charge is 0.497 e. The van der Waals surface area contributed by atoms with Crippen LogP contribution in [0.2, 0.25) is 0 Å². The highest BCUT2D eigenvalue weighted by molar-refractivity contribution is 7.22. The molecule has 1 aliphatic heterocycles. The summed E-state index contributed by atoms with van der Waals surface area (Å²) in [6.07, 6.45) is 2.08. The number of rotatable bonds is 7. The maximum atomic E-state index is 13.4. The van der Waals surface area contributed by atoms with Crippen LogP contribution in [0.5, 0.6) is 11.5 Å². The zero-order chi connectivity index (χ0) is 21.1. The molecule has 1 saturated heterocycles. The molecule has 1 aliphatic rings. The van der Waals surface area contributed by atoms with E-state index >= 15 is 0 Å². The first kappa shape index (κ1) is 20.6. The fraction of sp³-hybridized carbons (Fsp3) is 0.391. The molecular formula is C23H26N2O4S. The summed E-state index contributed by atoms with van der Waals surface area (Å²) in [7, 11) is 1.63. The van der Waals surface area contributed by atoms with Gasteiger partial charge in [-0.1, -0.05) is 11.3 Å². The zero-order valence-electron chi connectivity index (χ0n) is 17.5. The van der Waals surface area contributed by atoms with E-state index in [0.29, 0.717) is 17.2 Å². The number of benzene rings is 2. The Hall–Kier alpha value is -2.64. The van der Waals surface area contributed by atoms with Crippen molar-refractivity contribution < 1.29 is 19.0 Å². The fourth-order valence-electron chi connectivity index (χ4n) is 3.48. The van der Waals surface area contributed by atoms with E-state index in [-0.39, 0.29) is 18.1 Å². The fourth-order valence-corrected chi connectivity index (χ4v) is 4.43. The zero-order valence-corrected chi connectivity index (χ0v) is 18.3. The van der Waals surface area contributed by atoms with Gasteiger partial charge in [-0.25, -0.2) is 4.98 Å². The minimum absolute atomic E-state index is 0.0269. The third-order valence-corrected chi connectivity index (χ3v) is 6.00. The second-order valence-corrected chi connectivity index (χ2v) is 8.58. The van der Waals surface area contributed by atoms with Crippen LogP contribution in [0, 0.1) is 0 Å². The maximum absolute atomic E-state index is 13.4. The number of anilines is 1. The summed E-state index contributed by atoms with van der Waals surface area (Å²) in [5, 5.41) is 0.668. The van der Waals surface area contributed by atoms with Crippen molar-refractivity contribution in [2.24, 2.45) is 0 Å². The van der Waals surface area contributed by atoms with E-state index in [1.807, 2.05) is 44.2 Å². The van der Waals surface area contributed by atoms with Gasteiger partial charge in [0.25, 0.3) is 5.91 Å². The van der Waals surface area contributed by atoms with Gasteiger partial charge in [-0.3, -0.25) is 9.69 Å². The van der Waals surface area contributed by atoms with Gasteiger partial charge in [-0.05, 0) is 63.1 Å². The van der Waals surface area contributed by atoms with E-state index in [9.17, 15) is 4.79 Å². The topological polar surface area (TPSA) is 60.9 Å². The van der Waals surface area contributed by atoms with E-state index in [4.69, 9.17) is 19.2 Å². The molecule has 1 atom stereocenters. The molecule has 158 valence electrons. The molecule has 1 fully saturated rings. The van der Waals surface area contributed by atoms with Gasteiger partial charge in [0, 0.05) is 18.2 Å². The molecule has 0 N–H and O–H groups in total. The number of thiazole rings is 1. The smallest absolute Gasteiger partial charge is 0.260 e. The number of aromatic nitrogens is 1. The summed E-state index contributed by atoms with van der Waals surface area (Å²) in [4.78, 5) is 19.9. The van der Waals surface area contributed by atoms with Gasteiger partial charge >= 0.3 is 0 Å². The number of amides is 1. The van der Waals surface area contributed by atoms with Crippen LogP contribution in [0.15, 0.2) is 42.5 Å². The van der Waals surface area contributed by atoms with Gasteiger partial charge in [-0.15, -0.1) is 0 Å². The number of methoxy groups -OCH3 is 1. The van der Waals surface area contributed by atoms with Gasteiger partial charge in [0.2, 0.25) is 0 Å². The summed E-state index contributed by atoms with van der Waals surface area (Å²) >= 11 is 1.50. The monoisotopic (exact) mass is 426 g/mol. The molecule has 1 unspecified atom stereocenters. The van der Waals surface area contributed by atoms with Crippen molar-refractivity contribution in [3.05, 3.63) is 48.0 Å². The summed E-state index contributed by atoms with van der Waals surface area (Å²) in [5.74, 6) is 1.41. The average molecular weight is 427 g/mol. The summed E-state index contributed by atoms with van der Waals surface area (Å²) in [6, 6.07) is 13.0. The Morgan fingerprint density at radius 3 is 2.67 bits per heavy atom. The highest BCUT2D eigenvalue weighted by atomic mass is 32.1. The van der Waals surface area contributed by atoms with Crippen LogP contribution in [0.3, 0.4) is 0 Å². The molecule has 0 saturated carbocycles. The molecule has 0 aliphatic carbocycles. The molecule has 1 amide bonds. The highest BCUT2D eigenvalue weighted by Crippen LogP contribution is 2.33. The normalized spacial score (nSPS) is 16.2. The van der Waals surface area contributed by atoms with Crippen molar-refractivity contribution in [2.75, 3.05) is 25.2 Å². The molecule has 0 spiro atoms. The third kappa shape index (κ3) is 4.57. The van der Waals surface area contributed by atoms with Crippen molar-refractivity contribution in [3.63, 3.8) is 0 Å². The lowest BCUT2D eigenvalue weighted by Crippen LogP contribution is -2.37. The molecule has 2 heterocycles. The van der Waals surface area contributed by atoms with Crippen LogP contribution in [-0.2, 0) is 4.74 Å². The van der Waals surface area contributed by atoms with Gasteiger partial charge in [0.05, 0.1) is 36.1 Å². The third-order valence-electron chi connectivity index (χ3n) is 4.94. The molecule has 0 radical (unpaired) electrons. The predicted molar refractivity (Wildman–Crippen MR) is 119 cm³/mol. The second kappa shape index (κ2) is 9.02. The van der Waals surface area contributed by atoms with E-state index in [1.54, 1.807) is 24.1 Å². The Bertz CT molecular complexity index is 1010. The van der Waals surface area contributed by atoms with E-state index in [0.717, 1.165) is 41.2 Å². The minimum atomic E-state index is -0.0902. The Morgan fingerprint density at radius 1 is 1.23 bits per heavy atom. The number of carbonyl (C=O) groups excluding carboxylic acids is 1. The van der Waals surface area contributed by atoms with Crippen LogP contribution in [0.1, 0.15) is 37.0 Å². The molecule has 3 aromatic rings. The summed E-state index contributed by atoms with van der Waals surface area (Å²) in [6.45, 7) is 5.18. The molecule has 2 aromatic carbocycles. The lowest BCUT2D eigenvalue weighted by atomic mass is 10.1. The van der Waals surface area contributed by atoms with Crippen molar-refractivity contribution in [3.8, 4) is 11.5 Å². The quantitative estimate of drug-likeness (QED) is 0.537. The Morgan fingerprint density at radius 2 is 2.00 bits per heavy atom. The number of nitrogens with zero attached hydrogens (tertiary/aromatic N) is 2. The Balaban J connectivity index is 1.64. The number of carbonyl (C=O) groups is 1. The van der Waals surface area contributed by atoms with Gasteiger partial charge in [0.15, 0.2) is 5.13 Å². The van der Waals surface area contributed by atoms with Crippen molar-refractivity contribution >= 4 is 32.6 Å². The van der Waals surface area contributed by atoms with Crippen molar-refractivity contribution in [1.82, 2.24) is 4.98 Å². The second-order valence-electron chi connectivity index (χ2n) is 7.57. The molecule has 1 aromatic heterocycles. The molecule has 6 nitrogen and oxygen atoms in total. The van der Waals surface area contributed by atoms with Crippen molar-refractivity contribution in [1.29, 1.82) is 0 Å². The van der Waals surface area contributed by atoms with E-state index in [1.165, 1.54) is 11.3 Å². The first-order chi connectivity index (χ1) is 14.5. The van der Waals surface area contributed by atoms with Crippen LogP contribution in [0.4, 0.5) is 5.13 Å². The first-order valence-corrected chi connectivity index (χ1v) is 11.0. The number of hydrogen-bond donors (Lipinski definition) is 0. The van der Waals surface area contributed by atoms with Gasteiger partial charge in [0.1, 0.15) is 11.5 Å². The number of ether oxygens (including phenoxy) is 3. The molecule has 30 heavy (non-hydrogen) atoms. The standard InChI is InChI=1S/C23H26N2O4S/c1-15(2)29-17-8-6-16(7-9-17)22(26)25(14-19-5-4-12-28-19)23-24-20-13-18(27-3)10-11-21(20)30-23/h6-11,13,15,19H,4-5,12,14H2,1-3H3. The lowest BCUT2D eigenvalue weighted by Gasteiger charge is -2.23. The van der Waals surface area contributed by atoms with Crippen molar-refractivity contribution in [2.45, 2.75) is 38.9 Å². The van der Waals surface area contributed by atoms with Crippen LogP contribution >= 0.6 is 11.3 Å². The number of hydrogen-bond acceptors (Lipinski definition) is 6. The van der Waals surface area contributed by atoms with E-state index < -0.39 is 0 Å². The Kier molecular flexibility index (Phi) is 6.20. The van der Waals surface area contributed by atoms with Gasteiger partial charge < -0.3 is 14.2 Å². The average Bonchev–Trinajstić information content (AvgIpc) is 3.40. The summed E-state index contributed by atoms with van der Waals surface area (Å²) < 4.78 is 17.8. The first-order valence-electron chi connectivity index (χ1n) is 10.2.